The van der Waals surface area contributed by atoms with Crippen LogP contribution in [0, 0.1) is 0 Å². The highest BCUT2D eigenvalue weighted by atomic mass is 32.1. The van der Waals surface area contributed by atoms with Gasteiger partial charge in [0.25, 0.3) is 5.91 Å². The summed E-state index contributed by atoms with van der Waals surface area (Å²) >= 11 is 1.47. The maximum atomic E-state index is 12.0. The highest BCUT2D eigenvalue weighted by molar-refractivity contribution is 7.14. The van der Waals surface area contributed by atoms with Gasteiger partial charge in [-0.25, -0.2) is 9.97 Å². The SMILES string of the molecule is CNc1ccc(C(=O)Nc2nc(C3CC3)cs2)nc1. The zero-order chi connectivity index (χ0) is 13.2. The molecule has 0 bridgehead atoms. The summed E-state index contributed by atoms with van der Waals surface area (Å²) in [5.74, 6) is 0.384. The van der Waals surface area contributed by atoms with Gasteiger partial charge in [0.2, 0.25) is 0 Å². The molecule has 2 aromatic rings. The molecule has 5 nitrogen and oxygen atoms in total. The molecule has 1 aliphatic carbocycles. The van der Waals surface area contributed by atoms with Crippen molar-refractivity contribution in [1.82, 2.24) is 9.97 Å². The highest BCUT2D eigenvalue weighted by Gasteiger charge is 2.26. The van der Waals surface area contributed by atoms with Gasteiger partial charge in [-0.1, -0.05) is 0 Å². The zero-order valence-electron chi connectivity index (χ0n) is 10.5. The van der Waals surface area contributed by atoms with Crippen LogP contribution in [-0.2, 0) is 0 Å². The van der Waals surface area contributed by atoms with Crippen molar-refractivity contribution in [3.05, 3.63) is 35.1 Å². The van der Waals surface area contributed by atoms with E-state index in [9.17, 15) is 4.79 Å². The van der Waals surface area contributed by atoms with Gasteiger partial charge in [0, 0.05) is 18.3 Å². The summed E-state index contributed by atoms with van der Waals surface area (Å²) in [7, 11) is 1.81. The van der Waals surface area contributed by atoms with Crippen LogP contribution >= 0.6 is 11.3 Å². The fourth-order valence-corrected chi connectivity index (χ4v) is 2.53. The molecule has 1 fully saturated rings. The van der Waals surface area contributed by atoms with Crippen molar-refractivity contribution in [3.63, 3.8) is 0 Å². The van der Waals surface area contributed by atoms with E-state index in [0.29, 0.717) is 16.7 Å². The molecule has 0 aromatic carbocycles. The molecule has 19 heavy (non-hydrogen) atoms. The molecule has 0 unspecified atom stereocenters. The molecule has 98 valence electrons. The number of nitrogens with one attached hydrogen (secondary N) is 2. The van der Waals surface area contributed by atoms with Crippen molar-refractivity contribution < 1.29 is 4.79 Å². The van der Waals surface area contributed by atoms with Crippen molar-refractivity contribution in [1.29, 1.82) is 0 Å². The van der Waals surface area contributed by atoms with E-state index < -0.39 is 0 Å². The normalized spacial score (nSPS) is 14.2. The van der Waals surface area contributed by atoms with Crippen LogP contribution in [0.15, 0.2) is 23.7 Å². The van der Waals surface area contributed by atoms with E-state index in [0.717, 1.165) is 11.4 Å². The third-order valence-corrected chi connectivity index (χ3v) is 3.80. The molecule has 0 saturated heterocycles. The van der Waals surface area contributed by atoms with E-state index in [1.807, 2.05) is 18.5 Å². The number of nitrogens with zero attached hydrogens (tertiary/aromatic N) is 2. The van der Waals surface area contributed by atoms with E-state index >= 15 is 0 Å². The fourth-order valence-electron chi connectivity index (χ4n) is 1.75. The Morgan fingerprint density at radius 3 is 2.89 bits per heavy atom. The minimum Gasteiger partial charge on any atom is -0.387 e. The Bertz CT molecular complexity index is 589. The van der Waals surface area contributed by atoms with Gasteiger partial charge >= 0.3 is 0 Å². The van der Waals surface area contributed by atoms with Crippen LogP contribution in [0.2, 0.25) is 0 Å². The predicted molar refractivity (Wildman–Crippen MR) is 75.8 cm³/mol. The van der Waals surface area contributed by atoms with Crippen LogP contribution in [0.25, 0.3) is 0 Å². The molecular weight excluding hydrogens is 260 g/mol. The Kier molecular flexibility index (Phi) is 3.16. The third kappa shape index (κ3) is 2.73. The monoisotopic (exact) mass is 274 g/mol. The molecule has 2 aromatic heterocycles. The van der Waals surface area contributed by atoms with Crippen molar-refractivity contribution in [2.75, 3.05) is 17.7 Å². The Morgan fingerprint density at radius 2 is 2.26 bits per heavy atom. The number of amides is 1. The van der Waals surface area contributed by atoms with E-state index in [4.69, 9.17) is 0 Å². The topological polar surface area (TPSA) is 66.9 Å². The van der Waals surface area contributed by atoms with Gasteiger partial charge in [-0.05, 0) is 25.0 Å². The maximum Gasteiger partial charge on any atom is 0.276 e. The number of thiazole rings is 1. The smallest absolute Gasteiger partial charge is 0.276 e. The second-order valence-electron chi connectivity index (χ2n) is 4.49. The number of anilines is 2. The van der Waals surface area contributed by atoms with E-state index in [-0.39, 0.29) is 5.91 Å². The minimum atomic E-state index is -0.223. The molecular formula is C13H14N4OS. The van der Waals surface area contributed by atoms with Gasteiger partial charge in [0.15, 0.2) is 5.13 Å². The average molecular weight is 274 g/mol. The first-order valence-corrected chi connectivity index (χ1v) is 7.05. The number of aromatic nitrogens is 2. The third-order valence-electron chi connectivity index (χ3n) is 3.02. The molecule has 1 amide bonds. The molecule has 1 saturated carbocycles. The van der Waals surface area contributed by atoms with Gasteiger partial charge < -0.3 is 5.32 Å². The van der Waals surface area contributed by atoms with Gasteiger partial charge in [-0.3, -0.25) is 10.1 Å². The number of hydrogen-bond acceptors (Lipinski definition) is 5. The molecule has 0 radical (unpaired) electrons. The van der Waals surface area contributed by atoms with E-state index in [1.54, 1.807) is 12.3 Å². The lowest BCUT2D eigenvalue weighted by molar-refractivity contribution is 0.102. The van der Waals surface area contributed by atoms with E-state index in [1.165, 1.54) is 24.2 Å². The lowest BCUT2D eigenvalue weighted by Gasteiger charge is -2.02. The van der Waals surface area contributed by atoms with Crippen LogP contribution in [0.5, 0.6) is 0 Å². The number of hydrogen-bond donors (Lipinski definition) is 2. The Balaban J connectivity index is 1.68. The van der Waals surface area contributed by atoms with Gasteiger partial charge in [-0.15, -0.1) is 11.3 Å². The van der Waals surface area contributed by atoms with Crippen LogP contribution in [0.3, 0.4) is 0 Å². The quantitative estimate of drug-likeness (QED) is 0.899. The molecule has 3 rings (SSSR count). The lowest BCUT2D eigenvalue weighted by atomic mass is 10.3. The summed E-state index contributed by atoms with van der Waals surface area (Å²) in [6.07, 6.45) is 4.06. The van der Waals surface area contributed by atoms with Crippen molar-refractivity contribution in [2.24, 2.45) is 0 Å². The summed E-state index contributed by atoms with van der Waals surface area (Å²) in [6.45, 7) is 0. The Hall–Kier alpha value is -1.95. The molecule has 6 heteroatoms. The molecule has 0 spiro atoms. The van der Waals surface area contributed by atoms with Crippen LogP contribution in [0.1, 0.15) is 34.9 Å². The van der Waals surface area contributed by atoms with Gasteiger partial charge in [-0.2, -0.15) is 0 Å². The first kappa shape index (κ1) is 12.1. The van der Waals surface area contributed by atoms with Gasteiger partial charge in [0.05, 0.1) is 17.6 Å². The largest absolute Gasteiger partial charge is 0.387 e. The molecule has 2 N–H and O–H groups in total. The highest BCUT2D eigenvalue weighted by Crippen LogP contribution is 2.40. The zero-order valence-corrected chi connectivity index (χ0v) is 11.3. The van der Waals surface area contributed by atoms with E-state index in [2.05, 4.69) is 20.6 Å². The second-order valence-corrected chi connectivity index (χ2v) is 5.35. The molecule has 0 atom stereocenters. The van der Waals surface area contributed by atoms with Gasteiger partial charge in [0.1, 0.15) is 5.69 Å². The molecule has 2 heterocycles. The molecule has 1 aliphatic rings. The number of carbonyl (C=O) groups excluding carboxylic acids is 1. The number of rotatable bonds is 4. The average Bonchev–Trinajstić information content (AvgIpc) is 3.20. The fraction of sp³-hybridized carbons (Fsp3) is 0.308. The predicted octanol–water partition coefficient (Wildman–Crippen LogP) is 2.71. The summed E-state index contributed by atoms with van der Waals surface area (Å²) in [5.41, 5.74) is 2.36. The Morgan fingerprint density at radius 1 is 1.42 bits per heavy atom. The maximum absolute atomic E-state index is 12.0. The van der Waals surface area contributed by atoms with Crippen LogP contribution in [0.4, 0.5) is 10.8 Å². The summed E-state index contributed by atoms with van der Waals surface area (Å²) < 4.78 is 0. The standard InChI is InChI=1S/C13H14N4OS/c1-14-9-4-5-10(15-6-9)12(18)17-13-16-11(7-19-13)8-2-3-8/h4-8,14H,2-3H2,1H3,(H,16,17,18). The summed E-state index contributed by atoms with van der Waals surface area (Å²) in [4.78, 5) is 20.5. The second kappa shape index (κ2) is 4.97. The summed E-state index contributed by atoms with van der Waals surface area (Å²) in [6, 6.07) is 3.51. The summed E-state index contributed by atoms with van der Waals surface area (Å²) in [5, 5.41) is 8.41. The first-order valence-electron chi connectivity index (χ1n) is 6.17. The van der Waals surface area contributed by atoms with Crippen molar-refractivity contribution in [2.45, 2.75) is 18.8 Å². The molecule has 0 aliphatic heterocycles. The van der Waals surface area contributed by atoms with Crippen molar-refractivity contribution >= 4 is 28.1 Å². The Labute approximate surface area is 115 Å². The minimum absolute atomic E-state index is 0.223. The van der Waals surface area contributed by atoms with Crippen LogP contribution in [-0.4, -0.2) is 22.9 Å². The first-order chi connectivity index (χ1) is 9.26. The number of pyridine rings is 1. The lowest BCUT2D eigenvalue weighted by Crippen LogP contribution is -2.13. The number of carbonyl (C=O) groups is 1. The van der Waals surface area contributed by atoms with Crippen LogP contribution < -0.4 is 10.6 Å². The van der Waals surface area contributed by atoms with Crippen molar-refractivity contribution in [3.8, 4) is 0 Å².